The summed E-state index contributed by atoms with van der Waals surface area (Å²) in [5, 5.41) is 8.46. The van der Waals surface area contributed by atoms with Crippen molar-refractivity contribution in [2.75, 3.05) is 12.4 Å². The van der Waals surface area contributed by atoms with Gasteiger partial charge in [0.05, 0.1) is 12.4 Å². The number of rotatable bonds is 6. The van der Waals surface area contributed by atoms with Gasteiger partial charge in [0.1, 0.15) is 0 Å². The third-order valence-electron chi connectivity index (χ3n) is 1.56. The van der Waals surface area contributed by atoms with Crippen molar-refractivity contribution in [3.8, 4) is 12.3 Å². The van der Waals surface area contributed by atoms with Gasteiger partial charge in [0.15, 0.2) is 0 Å². The molecule has 0 fully saturated rings. The maximum Gasteiger partial charge on any atom is 0.214 e. The molecule has 0 aromatic rings. The molecule has 0 aliphatic rings. The molecule has 0 aliphatic heterocycles. The molecule has 1 atom stereocenters. The number of terminal acetylenes is 1. The summed E-state index contributed by atoms with van der Waals surface area (Å²) in [5.41, 5.74) is 0. The molecule has 76 valence electrons. The van der Waals surface area contributed by atoms with Gasteiger partial charge in [-0.3, -0.25) is 0 Å². The topological polar surface area (TPSA) is 66.4 Å². The van der Waals surface area contributed by atoms with Crippen LogP contribution < -0.4 is 4.72 Å². The van der Waals surface area contributed by atoms with Gasteiger partial charge in [-0.05, 0) is 6.42 Å². The summed E-state index contributed by atoms with van der Waals surface area (Å²) in [6.45, 7) is 1.48. The van der Waals surface area contributed by atoms with Gasteiger partial charge < -0.3 is 5.11 Å². The molecule has 0 aromatic heterocycles. The van der Waals surface area contributed by atoms with Crippen molar-refractivity contribution in [2.24, 2.45) is 0 Å². The van der Waals surface area contributed by atoms with Crippen LogP contribution in [0.1, 0.15) is 19.8 Å². The zero-order valence-corrected chi connectivity index (χ0v) is 8.47. The van der Waals surface area contributed by atoms with Crippen LogP contribution in [0.3, 0.4) is 0 Å². The fourth-order valence-corrected chi connectivity index (χ4v) is 1.96. The molecule has 0 saturated carbocycles. The van der Waals surface area contributed by atoms with Gasteiger partial charge in [0, 0.05) is 12.5 Å². The van der Waals surface area contributed by atoms with E-state index in [9.17, 15) is 8.42 Å². The summed E-state index contributed by atoms with van der Waals surface area (Å²) < 4.78 is 24.7. The smallest absolute Gasteiger partial charge is 0.214 e. The molecule has 1 unspecified atom stereocenters. The lowest BCUT2D eigenvalue weighted by atomic mass is 10.2. The summed E-state index contributed by atoms with van der Waals surface area (Å²) in [6.07, 6.45) is 6.09. The minimum Gasteiger partial charge on any atom is -0.395 e. The number of hydrogen-bond acceptors (Lipinski definition) is 3. The third-order valence-corrected chi connectivity index (χ3v) is 2.98. The van der Waals surface area contributed by atoms with Crippen LogP contribution in [0.15, 0.2) is 0 Å². The Hall–Kier alpha value is -0.570. The Balaban J connectivity index is 4.16. The number of hydrogen-bond donors (Lipinski definition) is 2. The van der Waals surface area contributed by atoms with Crippen molar-refractivity contribution in [3.05, 3.63) is 0 Å². The van der Waals surface area contributed by atoms with Crippen molar-refractivity contribution in [2.45, 2.75) is 25.8 Å². The molecule has 13 heavy (non-hydrogen) atoms. The highest BCUT2D eigenvalue weighted by Gasteiger charge is 2.14. The number of aliphatic hydroxyl groups excluding tert-OH is 1. The van der Waals surface area contributed by atoms with Crippen LogP contribution in [0.2, 0.25) is 0 Å². The molecule has 0 aromatic carbocycles. The molecule has 0 amide bonds. The van der Waals surface area contributed by atoms with E-state index in [-0.39, 0.29) is 18.4 Å². The summed E-state index contributed by atoms with van der Waals surface area (Å²) in [6, 6.07) is -0.221. The Kier molecular flexibility index (Phi) is 5.71. The zero-order valence-electron chi connectivity index (χ0n) is 7.66. The number of sulfonamides is 1. The molecule has 0 heterocycles. The Bertz CT molecular complexity index is 266. The maximum absolute atomic E-state index is 11.1. The molecule has 0 saturated heterocycles. The van der Waals surface area contributed by atoms with Crippen molar-refractivity contribution >= 4 is 10.0 Å². The van der Waals surface area contributed by atoms with E-state index in [1.54, 1.807) is 0 Å². The lowest BCUT2D eigenvalue weighted by Crippen LogP contribution is -2.36. The average molecular weight is 205 g/mol. The summed E-state index contributed by atoms with van der Waals surface area (Å²) in [7, 11) is -3.36. The first-order valence-corrected chi connectivity index (χ1v) is 5.75. The summed E-state index contributed by atoms with van der Waals surface area (Å²) >= 11 is 0. The lowest BCUT2D eigenvalue weighted by Gasteiger charge is -2.13. The second-order valence-corrected chi connectivity index (χ2v) is 4.55. The quantitative estimate of drug-likeness (QED) is 0.585. The molecular weight excluding hydrogens is 190 g/mol. The monoisotopic (exact) mass is 205 g/mol. The molecule has 0 bridgehead atoms. The average Bonchev–Trinajstić information content (AvgIpc) is 2.03. The first kappa shape index (κ1) is 12.4. The number of aliphatic hydroxyl groups is 1. The third kappa shape index (κ3) is 5.64. The van der Waals surface area contributed by atoms with Crippen molar-refractivity contribution < 1.29 is 13.5 Å². The SMILES string of the molecule is C#CCC(CC)NS(=O)(=O)CCO. The molecule has 0 rings (SSSR count). The highest BCUT2D eigenvalue weighted by atomic mass is 32.2. The van der Waals surface area contributed by atoms with Crippen LogP contribution in [0.4, 0.5) is 0 Å². The zero-order chi connectivity index (χ0) is 10.3. The fraction of sp³-hybridized carbons (Fsp3) is 0.750. The van der Waals surface area contributed by atoms with E-state index in [0.29, 0.717) is 12.8 Å². The van der Waals surface area contributed by atoms with Crippen LogP contribution >= 0.6 is 0 Å². The predicted octanol–water partition coefficient (Wildman–Crippen LogP) is -0.300. The Morgan fingerprint density at radius 2 is 2.23 bits per heavy atom. The first-order valence-electron chi connectivity index (χ1n) is 4.10. The van der Waals surface area contributed by atoms with Gasteiger partial charge in [-0.25, -0.2) is 13.1 Å². The second-order valence-electron chi connectivity index (χ2n) is 2.67. The van der Waals surface area contributed by atoms with Gasteiger partial charge in [-0.2, -0.15) is 0 Å². The lowest BCUT2D eigenvalue weighted by molar-refractivity contribution is 0.318. The highest BCUT2D eigenvalue weighted by molar-refractivity contribution is 7.89. The Labute approximate surface area is 79.4 Å². The fourth-order valence-electron chi connectivity index (χ4n) is 0.845. The van der Waals surface area contributed by atoms with Gasteiger partial charge >= 0.3 is 0 Å². The molecular formula is C8H15NO3S. The second kappa shape index (κ2) is 5.97. The van der Waals surface area contributed by atoms with Crippen molar-refractivity contribution in [3.63, 3.8) is 0 Å². The van der Waals surface area contributed by atoms with Crippen LogP contribution in [0.5, 0.6) is 0 Å². The first-order chi connectivity index (χ1) is 6.05. The van der Waals surface area contributed by atoms with E-state index in [2.05, 4.69) is 10.6 Å². The van der Waals surface area contributed by atoms with Crippen LogP contribution in [0.25, 0.3) is 0 Å². The molecule has 2 N–H and O–H groups in total. The van der Waals surface area contributed by atoms with Crippen LogP contribution in [0, 0.1) is 12.3 Å². The predicted molar refractivity (Wildman–Crippen MR) is 51.5 cm³/mol. The van der Waals surface area contributed by atoms with E-state index < -0.39 is 10.0 Å². The Morgan fingerprint density at radius 3 is 2.62 bits per heavy atom. The molecule has 4 nitrogen and oxygen atoms in total. The number of nitrogens with one attached hydrogen (secondary N) is 1. The Morgan fingerprint density at radius 1 is 1.62 bits per heavy atom. The van der Waals surface area contributed by atoms with E-state index in [1.165, 1.54) is 0 Å². The van der Waals surface area contributed by atoms with Gasteiger partial charge in [-0.15, -0.1) is 12.3 Å². The molecule has 0 spiro atoms. The standard InChI is InChI=1S/C8H15NO3S/c1-3-5-8(4-2)9-13(11,12)7-6-10/h1,8-10H,4-7H2,2H3. The maximum atomic E-state index is 11.1. The molecule has 0 aliphatic carbocycles. The van der Waals surface area contributed by atoms with Gasteiger partial charge in [-0.1, -0.05) is 6.92 Å². The largest absolute Gasteiger partial charge is 0.395 e. The minimum atomic E-state index is -3.36. The van der Waals surface area contributed by atoms with Crippen molar-refractivity contribution in [1.82, 2.24) is 4.72 Å². The van der Waals surface area contributed by atoms with E-state index in [0.717, 1.165) is 0 Å². The molecule has 5 heteroatoms. The summed E-state index contributed by atoms with van der Waals surface area (Å²) in [4.78, 5) is 0. The highest BCUT2D eigenvalue weighted by Crippen LogP contribution is 1.98. The van der Waals surface area contributed by atoms with E-state index in [1.807, 2.05) is 6.92 Å². The molecule has 0 radical (unpaired) electrons. The van der Waals surface area contributed by atoms with Gasteiger partial charge in [0.2, 0.25) is 10.0 Å². The van der Waals surface area contributed by atoms with Crippen LogP contribution in [-0.2, 0) is 10.0 Å². The minimum absolute atomic E-state index is 0.221. The normalized spacial score (nSPS) is 13.6. The summed E-state index contributed by atoms with van der Waals surface area (Å²) in [5.74, 6) is 2.12. The van der Waals surface area contributed by atoms with E-state index in [4.69, 9.17) is 11.5 Å². The van der Waals surface area contributed by atoms with E-state index >= 15 is 0 Å². The van der Waals surface area contributed by atoms with Crippen molar-refractivity contribution in [1.29, 1.82) is 0 Å². The van der Waals surface area contributed by atoms with Crippen LogP contribution in [-0.4, -0.2) is 31.9 Å². The van der Waals surface area contributed by atoms with Gasteiger partial charge in [0.25, 0.3) is 0 Å².